The van der Waals surface area contributed by atoms with Gasteiger partial charge in [0, 0.05) is 16.5 Å². The Kier molecular flexibility index (Phi) is 5.44. The number of ether oxygens (including phenoxy) is 2. The van der Waals surface area contributed by atoms with Gasteiger partial charge < -0.3 is 18.3 Å². The van der Waals surface area contributed by atoms with Crippen molar-refractivity contribution in [2.75, 3.05) is 0 Å². The van der Waals surface area contributed by atoms with Gasteiger partial charge in [-0.3, -0.25) is 4.79 Å². The van der Waals surface area contributed by atoms with Crippen LogP contribution in [0.2, 0.25) is 5.02 Å². The molecule has 0 aliphatic rings. The molecule has 0 unspecified atom stereocenters. The average molecular weight is 526 g/mol. The molecule has 0 aliphatic carbocycles. The van der Waals surface area contributed by atoms with E-state index in [2.05, 4.69) is 15.9 Å². The Hall–Kier alpha value is -3.55. The molecule has 0 aliphatic heterocycles. The molecule has 6 nitrogen and oxygen atoms in total. The van der Waals surface area contributed by atoms with Gasteiger partial charge in [0.15, 0.2) is 0 Å². The van der Waals surface area contributed by atoms with Gasteiger partial charge in [-0.1, -0.05) is 23.7 Å². The highest BCUT2D eigenvalue weighted by molar-refractivity contribution is 9.10. The van der Waals surface area contributed by atoms with Gasteiger partial charge in [-0.05, 0) is 71.4 Å². The fourth-order valence-electron chi connectivity index (χ4n) is 3.36. The summed E-state index contributed by atoms with van der Waals surface area (Å²) in [4.78, 5) is 25.6. The zero-order valence-corrected chi connectivity index (χ0v) is 19.4. The molecule has 5 rings (SSSR count). The largest absolute Gasteiger partial charge is 0.457 e. The predicted octanol–water partition coefficient (Wildman–Crippen LogP) is 7.28. The van der Waals surface area contributed by atoms with E-state index in [0.717, 1.165) is 0 Å². The Balaban J connectivity index is 1.45. The maximum Gasteiger partial charge on any atom is 0.379 e. The molecule has 0 saturated heterocycles. The molecule has 0 radical (unpaired) electrons. The van der Waals surface area contributed by atoms with Crippen LogP contribution in [0.25, 0.3) is 21.9 Å². The monoisotopic (exact) mass is 524 g/mol. The highest BCUT2D eigenvalue weighted by Crippen LogP contribution is 2.32. The second-order valence-electron chi connectivity index (χ2n) is 7.19. The van der Waals surface area contributed by atoms with E-state index in [4.69, 9.17) is 29.9 Å². The maximum atomic E-state index is 13.0. The Labute approximate surface area is 200 Å². The summed E-state index contributed by atoms with van der Waals surface area (Å²) in [5, 5.41) is 1.51. The molecule has 0 saturated carbocycles. The van der Waals surface area contributed by atoms with Gasteiger partial charge in [0.2, 0.25) is 16.9 Å². The number of fused-ring (bicyclic) bond motifs is 2. The second-order valence-corrected chi connectivity index (χ2v) is 8.48. The van der Waals surface area contributed by atoms with Gasteiger partial charge >= 0.3 is 5.97 Å². The zero-order chi connectivity index (χ0) is 23.1. The summed E-state index contributed by atoms with van der Waals surface area (Å²) < 4.78 is 23.3. The zero-order valence-electron chi connectivity index (χ0n) is 17.1. The number of rotatable bonds is 4. The summed E-state index contributed by atoms with van der Waals surface area (Å²) in [5.41, 5.74) is 0.444. The van der Waals surface area contributed by atoms with Crippen molar-refractivity contribution >= 4 is 55.4 Å². The van der Waals surface area contributed by atoms with Crippen LogP contribution in [0.1, 0.15) is 16.3 Å². The van der Waals surface area contributed by atoms with E-state index in [1.807, 2.05) is 12.1 Å². The second kappa shape index (κ2) is 8.42. The van der Waals surface area contributed by atoms with Crippen LogP contribution in [0.5, 0.6) is 17.2 Å². The van der Waals surface area contributed by atoms with E-state index in [1.165, 1.54) is 18.2 Å². The molecule has 0 N–H and O–H groups in total. The van der Waals surface area contributed by atoms with Gasteiger partial charge in [-0.25, -0.2) is 4.79 Å². The summed E-state index contributed by atoms with van der Waals surface area (Å²) in [6.07, 6.45) is 0. The SMILES string of the molecule is Cc1oc2cc(OC(=O)c3cc4cc(Cl)ccc4o3)ccc2c(=O)c1Oc1ccccc1Br. The molecule has 2 aromatic heterocycles. The fourth-order valence-corrected chi connectivity index (χ4v) is 3.91. The van der Waals surface area contributed by atoms with Crippen LogP contribution in [0, 0.1) is 6.92 Å². The molecule has 33 heavy (non-hydrogen) atoms. The third kappa shape index (κ3) is 4.13. The highest BCUT2D eigenvalue weighted by Gasteiger charge is 2.18. The number of aryl methyl sites for hydroxylation is 1. The lowest BCUT2D eigenvalue weighted by molar-refractivity contribution is 0.0704. The average Bonchev–Trinajstić information content (AvgIpc) is 3.21. The molecule has 5 aromatic rings. The van der Waals surface area contributed by atoms with E-state index in [0.29, 0.717) is 37.4 Å². The topological polar surface area (TPSA) is 78.9 Å². The number of esters is 1. The summed E-state index contributed by atoms with van der Waals surface area (Å²) in [5.74, 6) is 0.413. The predicted molar refractivity (Wildman–Crippen MR) is 128 cm³/mol. The molecular formula is C25H14BrClO6. The van der Waals surface area contributed by atoms with Crippen LogP contribution in [-0.4, -0.2) is 5.97 Å². The number of para-hydroxylation sites is 1. The Bertz CT molecular complexity index is 1600. The van der Waals surface area contributed by atoms with Gasteiger partial charge in [0.05, 0.1) is 9.86 Å². The van der Waals surface area contributed by atoms with Crippen molar-refractivity contribution in [2.24, 2.45) is 0 Å². The minimum Gasteiger partial charge on any atom is -0.457 e. The van der Waals surface area contributed by atoms with Crippen LogP contribution in [0.15, 0.2) is 84.8 Å². The minimum absolute atomic E-state index is 0.0298. The van der Waals surface area contributed by atoms with Crippen LogP contribution >= 0.6 is 27.5 Å². The van der Waals surface area contributed by atoms with E-state index in [1.54, 1.807) is 43.3 Å². The number of furan rings is 1. The first-order chi connectivity index (χ1) is 15.9. The van der Waals surface area contributed by atoms with E-state index in [9.17, 15) is 9.59 Å². The van der Waals surface area contributed by atoms with Crippen LogP contribution in [0.3, 0.4) is 0 Å². The lowest BCUT2D eigenvalue weighted by Crippen LogP contribution is -2.09. The lowest BCUT2D eigenvalue weighted by atomic mass is 10.2. The standard InChI is InChI=1S/C25H14BrClO6/c1-13-24(33-20-5-3-2-4-18(20)26)23(28)17-8-7-16(12-21(17)30-13)31-25(29)22-11-14-10-15(27)6-9-19(14)32-22/h2-12H,1H3. The van der Waals surface area contributed by atoms with Gasteiger partial charge in [0.25, 0.3) is 0 Å². The normalized spacial score (nSPS) is 11.1. The molecule has 0 bridgehead atoms. The lowest BCUT2D eigenvalue weighted by Gasteiger charge is -2.10. The van der Waals surface area contributed by atoms with Crippen LogP contribution in [-0.2, 0) is 0 Å². The van der Waals surface area contributed by atoms with E-state index in [-0.39, 0.29) is 28.3 Å². The van der Waals surface area contributed by atoms with Crippen molar-refractivity contribution in [1.82, 2.24) is 0 Å². The quantitative estimate of drug-likeness (QED) is 0.181. The van der Waals surface area contributed by atoms with Gasteiger partial charge in [-0.2, -0.15) is 0 Å². The molecule has 3 aromatic carbocycles. The number of benzene rings is 3. The third-order valence-electron chi connectivity index (χ3n) is 4.93. The van der Waals surface area contributed by atoms with Crippen LogP contribution < -0.4 is 14.9 Å². The molecule has 2 heterocycles. The molecule has 0 fully saturated rings. The number of carbonyl (C=O) groups excluding carboxylic acids is 1. The molecule has 0 spiro atoms. The first kappa shape index (κ1) is 21.3. The Morgan fingerprint density at radius 3 is 2.61 bits per heavy atom. The van der Waals surface area contributed by atoms with Crippen molar-refractivity contribution in [3.05, 3.63) is 98.0 Å². The smallest absolute Gasteiger partial charge is 0.379 e. The van der Waals surface area contributed by atoms with E-state index >= 15 is 0 Å². The number of carbonyl (C=O) groups is 1. The van der Waals surface area contributed by atoms with Crippen molar-refractivity contribution in [2.45, 2.75) is 6.92 Å². The summed E-state index contributed by atoms with van der Waals surface area (Å²) >= 11 is 9.38. The first-order valence-electron chi connectivity index (χ1n) is 9.80. The summed E-state index contributed by atoms with van der Waals surface area (Å²) in [7, 11) is 0. The van der Waals surface area contributed by atoms with E-state index < -0.39 is 5.97 Å². The Morgan fingerprint density at radius 1 is 0.970 bits per heavy atom. The van der Waals surface area contributed by atoms with Crippen molar-refractivity contribution in [1.29, 1.82) is 0 Å². The Morgan fingerprint density at radius 2 is 1.79 bits per heavy atom. The summed E-state index contributed by atoms with van der Waals surface area (Å²) in [6.45, 7) is 1.63. The van der Waals surface area contributed by atoms with Crippen molar-refractivity contribution < 1.29 is 23.1 Å². The first-order valence-corrected chi connectivity index (χ1v) is 11.0. The maximum absolute atomic E-state index is 13.0. The van der Waals surface area contributed by atoms with Crippen molar-refractivity contribution in [3.63, 3.8) is 0 Å². The molecule has 0 amide bonds. The number of hydrogen-bond donors (Lipinski definition) is 0. The molecule has 164 valence electrons. The van der Waals surface area contributed by atoms with Gasteiger partial charge in [0.1, 0.15) is 28.4 Å². The minimum atomic E-state index is -0.686. The highest BCUT2D eigenvalue weighted by atomic mass is 79.9. The van der Waals surface area contributed by atoms with Crippen LogP contribution in [0.4, 0.5) is 0 Å². The molecular weight excluding hydrogens is 512 g/mol. The van der Waals surface area contributed by atoms with Crippen molar-refractivity contribution in [3.8, 4) is 17.2 Å². The fraction of sp³-hybridized carbons (Fsp3) is 0.0400. The number of halogens is 2. The molecule has 0 atom stereocenters. The van der Waals surface area contributed by atoms with Gasteiger partial charge in [-0.15, -0.1) is 0 Å². The summed E-state index contributed by atoms with van der Waals surface area (Å²) in [6, 6.07) is 18.3. The third-order valence-corrected chi connectivity index (χ3v) is 5.82. The number of hydrogen-bond acceptors (Lipinski definition) is 6. The molecule has 8 heteroatoms.